The zero-order valence-electron chi connectivity index (χ0n) is 15.6. The van der Waals surface area contributed by atoms with Crippen LogP contribution in [0.5, 0.6) is 5.75 Å². The van der Waals surface area contributed by atoms with Gasteiger partial charge < -0.3 is 15.0 Å². The van der Waals surface area contributed by atoms with Gasteiger partial charge >= 0.3 is 6.18 Å². The molecule has 0 spiro atoms. The number of anilines is 1. The number of nitrogens with zero attached hydrogens (tertiary/aromatic N) is 1. The van der Waals surface area contributed by atoms with E-state index >= 15 is 0 Å². The van der Waals surface area contributed by atoms with Crippen molar-refractivity contribution < 1.29 is 22.7 Å². The molecule has 0 bridgehead atoms. The van der Waals surface area contributed by atoms with Crippen molar-refractivity contribution in [3.05, 3.63) is 59.7 Å². The lowest BCUT2D eigenvalue weighted by molar-refractivity contribution is -0.137. The lowest BCUT2D eigenvalue weighted by Crippen LogP contribution is -2.34. The molecule has 150 valence electrons. The predicted molar refractivity (Wildman–Crippen MR) is 102 cm³/mol. The van der Waals surface area contributed by atoms with Gasteiger partial charge in [-0.15, -0.1) is 0 Å². The van der Waals surface area contributed by atoms with Crippen molar-refractivity contribution in [3.63, 3.8) is 0 Å². The summed E-state index contributed by atoms with van der Waals surface area (Å²) in [6.07, 6.45) is -2.64. The number of halogens is 3. The van der Waals surface area contributed by atoms with Crippen LogP contribution in [0.1, 0.15) is 24.5 Å². The number of hydrogen-bond donors (Lipinski definition) is 1. The quantitative estimate of drug-likeness (QED) is 0.723. The molecule has 1 atom stereocenters. The smallest absolute Gasteiger partial charge is 0.416 e. The first-order valence-electron chi connectivity index (χ1n) is 9.26. The van der Waals surface area contributed by atoms with Crippen LogP contribution in [-0.4, -0.2) is 31.6 Å². The fraction of sp³-hybridized carbons (Fsp3) is 0.381. The van der Waals surface area contributed by atoms with Crippen LogP contribution in [0.15, 0.2) is 48.5 Å². The van der Waals surface area contributed by atoms with Crippen LogP contribution in [-0.2, 0) is 17.4 Å². The van der Waals surface area contributed by atoms with Crippen molar-refractivity contribution in [1.29, 1.82) is 0 Å². The Morgan fingerprint density at radius 3 is 2.79 bits per heavy atom. The molecular formula is C21H23F3N2O2. The van der Waals surface area contributed by atoms with E-state index in [1.54, 1.807) is 0 Å². The number of nitrogens with one attached hydrogen (secondary N) is 1. The van der Waals surface area contributed by atoms with Gasteiger partial charge in [-0.1, -0.05) is 24.3 Å². The van der Waals surface area contributed by atoms with Crippen molar-refractivity contribution in [2.24, 2.45) is 0 Å². The second-order valence-corrected chi connectivity index (χ2v) is 6.89. The minimum atomic E-state index is -4.44. The molecule has 0 unspecified atom stereocenters. The van der Waals surface area contributed by atoms with Crippen LogP contribution in [0.4, 0.5) is 18.9 Å². The number of ether oxygens (including phenoxy) is 1. The molecule has 4 nitrogen and oxygen atoms in total. The fourth-order valence-electron chi connectivity index (χ4n) is 3.41. The molecule has 2 aromatic rings. The van der Waals surface area contributed by atoms with Crippen molar-refractivity contribution in [3.8, 4) is 5.75 Å². The van der Waals surface area contributed by atoms with Gasteiger partial charge in [-0.3, -0.25) is 4.79 Å². The molecule has 7 heteroatoms. The summed E-state index contributed by atoms with van der Waals surface area (Å²) in [5, 5.41) is 2.75. The van der Waals surface area contributed by atoms with Gasteiger partial charge in [0.1, 0.15) is 5.75 Å². The number of alkyl halides is 3. The number of rotatable bonds is 7. The molecule has 2 aromatic carbocycles. The highest BCUT2D eigenvalue weighted by Crippen LogP contribution is 2.32. The number of benzene rings is 2. The number of para-hydroxylation sites is 1. The maximum atomic E-state index is 12.7. The zero-order valence-corrected chi connectivity index (χ0v) is 15.6. The molecule has 1 aliphatic rings. The maximum absolute atomic E-state index is 12.7. The van der Waals surface area contributed by atoms with Crippen LogP contribution in [0.25, 0.3) is 0 Å². The topological polar surface area (TPSA) is 41.6 Å². The summed E-state index contributed by atoms with van der Waals surface area (Å²) in [6.45, 7) is 3.18. The van der Waals surface area contributed by atoms with E-state index in [1.165, 1.54) is 23.4 Å². The molecule has 1 aliphatic heterocycles. The van der Waals surface area contributed by atoms with E-state index in [4.69, 9.17) is 4.74 Å². The predicted octanol–water partition coefficient (Wildman–Crippen LogP) is 4.04. The Bertz CT molecular complexity index is 823. The van der Waals surface area contributed by atoms with Gasteiger partial charge in [0.05, 0.1) is 5.56 Å². The van der Waals surface area contributed by atoms with Gasteiger partial charge in [0.25, 0.3) is 5.91 Å². The van der Waals surface area contributed by atoms with E-state index in [0.717, 1.165) is 31.5 Å². The summed E-state index contributed by atoms with van der Waals surface area (Å²) >= 11 is 0. The third kappa shape index (κ3) is 4.97. The molecular weight excluding hydrogens is 369 g/mol. The number of fused-ring (bicyclic) bond motifs is 1. The monoisotopic (exact) mass is 392 g/mol. The van der Waals surface area contributed by atoms with Crippen LogP contribution in [0, 0.1) is 0 Å². The minimum Gasteiger partial charge on any atom is -0.484 e. The second kappa shape index (κ2) is 8.54. The molecule has 1 amide bonds. The van der Waals surface area contributed by atoms with E-state index in [1.807, 2.05) is 12.1 Å². The van der Waals surface area contributed by atoms with Crippen LogP contribution < -0.4 is 15.0 Å². The molecule has 0 fully saturated rings. The molecule has 0 saturated heterocycles. The highest BCUT2D eigenvalue weighted by atomic mass is 19.4. The Morgan fingerprint density at radius 1 is 1.21 bits per heavy atom. The molecule has 0 aliphatic carbocycles. The SMILES string of the molecule is C[C@@H]1Cc2ccccc2N1CCCNC(=O)COc1cccc(C(F)(F)F)c1. The fourth-order valence-corrected chi connectivity index (χ4v) is 3.41. The Balaban J connectivity index is 1.40. The normalized spacial score (nSPS) is 16.0. The van der Waals surface area contributed by atoms with Crippen LogP contribution in [0.2, 0.25) is 0 Å². The van der Waals surface area contributed by atoms with E-state index in [9.17, 15) is 18.0 Å². The number of carbonyl (C=O) groups is 1. The molecule has 1 heterocycles. The average Bonchev–Trinajstić information content (AvgIpc) is 2.98. The van der Waals surface area contributed by atoms with Gasteiger partial charge in [0, 0.05) is 24.8 Å². The van der Waals surface area contributed by atoms with Gasteiger partial charge in [0.2, 0.25) is 0 Å². The lowest BCUT2D eigenvalue weighted by atomic mass is 10.1. The highest BCUT2D eigenvalue weighted by Gasteiger charge is 2.30. The van der Waals surface area contributed by atoms with Crippen molar-refractivity contribution in [1.82, 2.24) is 5.32 Å². The molecule has 0 saturated carbocycles. The third-order valence-corrected chi connectivity index (χ3v) is 4.78. The van der Waals surface area contributed by atoms with E-state index in [2.05, 4.69) is 29.3 Å². The van der Waals surface area contributed by atoms with Crippen LogP contribution in [0.3, 0.4) is 0 Å². The summed E-state index contributed by atoms with van der Waals surface area (Å²) in [4.78, 5) is 14.2. The Labute approximate surface area is 162 Å². The third-order valence-electron chi connectivity index (χ3n) is 4.78. The maximum Gasteiger partial charge on any atom is 0.416 e. The standard InChI is InChI=1S/C21H23F3N2O2/c1-15-12-16-6-2-3-9-19(16)26(15)11-5-10-25-20(27)14-28-18-8-4-7-17(13-18)21(22,23)24/h2-4,6-9,13,15H,5,10-12,14H2,1H3,(H,25,27)/t15-/m1/s1. The number of hydrogen-bond acceptors (Lipinski definition) is 3. The van der Waals surface area contributed by atoms with Gasteiger partial charge in [-0.25, -0.2) is 0 Å². The molecule has 3 rings (SSSR count). The highest BCUT2D eigenvalue weighted by molar-refractivity contribution is 5.77. The Hall–Kier alpha value is -2.70. The van der Waals surface area contributed by atoms with E-state index < -0.39 is 11.7 Å². The summed E-state index contributed by atoms with van der Waals surface area (Å²) in [7, 11) is 0. The Kier molecular flexibility index (Phi) is 6.11. The lowest BCUT2D eigenvalue weighted by Gasteiger charge is -2.24. The first kappa shape index (κ1) is 20.0. The first-order valence-corrected chi connectivity index (χ1v) is 9.26. The number of amides is 1. The van der Waals surface area contributed by atoms with E-state index in [-0.39, 0.29) is 18.3 Å². The van der Waals surface area contributed by atoms with Crippen molar-refractivity contribution in [2.75, 3.05) is 24.6 Å². The molecule has 1 N–H and O–H groups in total. The second-order valence-electron chi connectivity index (χ2n) is 6.89. The van der Waals surface area contributed by atoms with Crippen molar-refractivity contribution >= 4 is 11.6 Å². The van der Waals surface area contributed by atoms with Gasteiger partial charge in [-0.2, -0.15) is 13.2 Å². The summed E-state index contributed by atoms with van der Waals surface area (Å²) < 4.78 is 43.2. The van der Waals surface area contributed by atoms with Crippen LogP contribution >= 0.6 is 0 Å². The molecule has 0 aromatic heterocycles. The first-order chi connectivity index (χ1) is 13.3. The zero-order chi connectivity index (χ0) is 20.1. The minimum absolute atomic E-state index is 0.0208. The number of carbonyl (C=O) groups excluding carboxylic acids is 1. The molecule has 28 heavy (non-hydrogen) atoms. The van der Waals surface area contributed by atoms with Crippen molar-refractivity contribution in [2.45, 2.75) is 32.0 Å². The largest absolute Gasteiger partial charge is 0.484 e. The molecule has 0 radical (unpaired) electrons. The average molecular weight is 392 g/mol. The summed E-state index contributed by atoms with van der Waals surface area (Å²) in [6, 6.07) is 13.2. The van der Waals surface area contributed by atoms with E-state index in [0.29, 0.717) is 12.6 Å². The van der Waals surface area contributed by atoms with Gasteiger partial charge in [0.15, 0.2) is 6.61 Å². The van der Waals surface area contributed by atoms with Gasteiger partial charge in [-0.05, 0) is 49.6 Å². The Morgan fingerprint density at radius 2 is 2.00 bits per heavy atom. The summed E-state index contributed by atoms with van der Waals surface area (Å²) in [5.74, 6) is -0.334. The summed E-state index contributed by atoms with van der Waals surface area (Å²) in [5.41, 5.74) is 1.79.